The van der Waals surface area contributed by atoms with Crippen molar-refractivity contribution in [2.24, 2.45) is 5.73 Å². The van der Waals surface area contributed by atoms with Gasteiger partial charge in [-0.3, -0.25) is 4.90 Å². The van der Waals surface area contributed by atoms with Crippen LogP contribution in [0.5, 0.6) is 0 Å². The number of hydrogen-bond donors (Lipinski definition) is 2. The maximum absolute atomic E-state index is 9.23. The van der Waals surface area contributed by atoms with E-state index in [0.29, 0.717) is 12.1 Å². The number of aliphatic hydroxyl groups is 1. The second-order valence-corrected chi connectivity index (χ2v) is 6.09. The smallest absolute Gasteiger partial charge is 0.0609 e. The zero-order valence-electron chi connectivity index (χ0n) is 11.8. The fourth-order valence-electron chi connectivity index (χ4n) is 2.71. The molecule has 1 rings (SSSR count). The van der Waals surface area contributed by atoms with E-state index in [9.17, 15) is 5.11 Å². The Morgan fingerprint density at radius 1 is 1.59 bits per heavy atom. The van der Waals surface area contributed by atoms with Crippen molar-refractivity contribution in [3.63, 3.8) is 0 Å². The Labute approximate surface area is 106 Å². The average molecular weight is 243 g/mol. The fourth-order valence-corrected chi connectivity index (χ4v) is 2.71. The molecule has 102 valence electrons. The van der Waals surface area contributed by atoms with E-state index in [-0.39, 0.29) is 6.61 Å². The number of nitrogens with zero attached hydrogens (tertiary/aromatic N) is 2. The molecule has 1 heterocycles. The van der Waals surface area contributed by atoms with Gasteiger partial charge in [0.1, 0.15) is 0 Å². The Bertz CT molecular complexity index is 233. The Morgan fingerprint density at radius 2 is 2.24 bits per heavy atom. The lowest BCUT2D eigenvalue weighted by Crippen LogP contribution is -2.52. The largest absolute Gasteiger partial charge is 0.394 e. The molecular weight excluding hydrogens is 214 g/mol. The SMILES string of the molecule is CC(CC(C)(N)CO)N(C)C1CCCN(C)C1. The summed E-state index contributed by atoms with van der Waals surface area (Å²) in [5, 5.41) is 9.23. The first-order chi connectivity index (χ1) is 7.85. The summed E-state index contributed by atoms with van der Waals surface area (Å²) in [7, 11) is 4.37. The zero-order valence-corrected chi connectivity index (χ0v) is 11.8. The van der Waals surface area contributed by atoms with Crippen LogP contribution in [0.25, 0.3) is 0 Å². The molecule has 3 unspecified atom stereocenters. The van der Waals surface area contributed by atoms with E-state index in [1.165, 1.54) is 19.4 Å². The minimum atomic E-state index is -0.464. The van der Waals surface area contributed by atoms with E-state index in [0.717, 1.165) is 13.0 Å². The topological polar surface area (TPSA) is 52.7 Å². The maximum Gasteiger partial charge on any atom is 0.0609 e. The summed E-state index contributed by atoms with van der Waals surface area (Å²) >= 11 is 0. The highest BCUT2D eigenvalue weighted by atomic mass is 16.3. The number of hydrogen-bond acceptors (Lipinski definition) is 4. The monoisotopic (exact) mass is 243 g/mol. The lowest BCUT2D eigenvalue weighted by molar-refractivity contribution is 0.0824. The van der Waals surface area contributed by atoms with Crippen molar-refractivity contribution in [2.75, 3.05) is 33.8 Å². The van der Waals surface area contributed by atoms with Gasteiger partial charge in [0.05, 0.1) is 6.61 Å². The quantitative estimate of drug-likeness (QED) is 0.738. The van der Waals surface area contributed by atoms with E-state index in [1.54, 1.807) is 0 Å². The van der Waals surface area contributed by atoms with Gasteiger partial charge in [0.15, 0.2) is 0 Å². The first-order valence-corrected chi connectivity index (χ1v) is 6.66. The van der Waals surface area contributed by atoms with Gasteiger partial charge in [-0.1, -0.05) is 0 Å². The molecule has 1 saturated heterocycles. The third-order valence-corrected chi connectivity index (χ3v) is 3.99. The maximum atomic E-state index is 9.23. The summed E-state index contributed by atoms with van der Waals surface area (Å²) in [6.07, 6.45) is 3.38. The third kappa shape index (κ3) is 4.54. The van der Waals surface area contributed by atoms with Crippen LogP contribution >= 0.6 is 0 Å². The van der Waals surface area contributed by atoms with Crippen molar-refractivity contribution in [3.8, 4) is 0 Å². The number of rotatable bonds is 5. The van der Waals surface area contributed by atoms with Crippen LogP contribution in [-0.2, 0) is 0 Å². The van der Waals surface area contributed by atoms with Crippen LogP contribution < -0.4 is 5.73 Å². The van der Waals surface area contributed by atoms with Gasteiger partial charge in [0.25, 0.3) is 0 Å². The number of likely N-dealkylation sites (tertiary alicyclic amines) is 1. The molecule has 4 nitrogen and oxygen atoms in total. The molecule has 0 aromatic carbocycles. The molecule has 0 saturated carbocycles. The fraction of sp³-hybridized carbons (Fsp3) is 1.00. The summed E-state index contributed by atoms with van der Waals surface area (Å²) in [5.74, 6) is 0. The molecule has 1 aliphatic heterocycles. The molecule has 1 fully saturated rings. The van der Waals surface area contributed by atoms with Crippen LogP contribution in [0.2, 0.25) is 0 Å². The van der Waals surface area contributed by atoms with E-state index >= 15 is 0 Å². The van der Waals surface area contributed by atoms with Crippen molar-refractivity contribution in [1.82, 2.24) is 9.80 Å². The van der Waals surface area contributed by atoms with Crippen molar-refractivity contribution in [3.05, 3.63) is 0 Å². The van der Waals surface area contributed by atoms with Crippen molar-refractivity contribution < 1.29 is 5.11 Å². The van der Waals surface area contributed by atoms with Gasteiger partial charge in [-0.15, -0.1) is 0 Å². The molecular formula is C13H29N3O. The van der Waals surface area contributed by atoms with Crippen molar-refractivity contribution in [2.45, 2.75) is 50.7 Å². The predicted octanol–water partition coefficient (Wildman–Crippen LogP) is 0.501. The Morgan fingerprint density at radius 3 is 2.76 bits per heavy atom. The average Bonchev–Trinajstić information content (AvgIpc) is 2.27. The number of likely N-dealkylation sites (N-methyl/N-ethyl adjacent to an activating group) is 2. The van der Waals surface area contributed by atoms with Crippen LogP contribution in [0.4, 0.5) is 0 Å². The van der Waals surface area contributed by atoms with Gasteiger partial charge < -0.3 is 15.7 Å². The Balaban J connectivity index is 2.48. The van der Waals surface area contributed by atoms with E-state index in [2.05, 4.69) is 30.8 Å². The first kappa shape index (κ1) is 14.9. The molecule has 0 aromatic rings. The summed E-state index contributed by atoms with van der Waals surface area (Å²) in [5.41, 5.74) is 5.56. The van der Waals surface area contributed by atoms with Gasteiger partial charge in [0.2, 0.25) is 0 Å². The lowest BCUT2D eigenvalue weighted by atomic mass is 9.93. The lowest BCUT2D eigenvalue weighted by Gasteiger charge is -2.40. The standard InChI is InChI=1S/C13H29N3O/c1-11(8-13(2,14)10-17)16(4)12-6-5-7-15(3)9-12/h11-12,17H,5-10,14H2,1-4H3. The van der Waals surface area contributed by atoms with Gasteiger partial charge in [-0.05, 0) is 53.8 Å². The molecule has 0 aromatic heterocycles. The van der Waals surface area contributed by atoms with E-state index < -0.39 is 5.54 Å². The van der Waals surface area contributed by atoms with Crippen LogP contribution in [0.15, 0.2) is 0 Å². The second-order valence-electron chi connectivity index (χ2n) is 6.09. The summed E-state index contributed by atoms with van der Waals surface area (Å²) in [6, 6.07) is 1.03. The molecule has 0 amide bonds. The highest BCUT2D eigenvalue weighted by Gasteiger charge is 2.28. The highest BCUT2D eigenvalue weighted by molar-refractivity contribution is 4.86. The summed E-state index contributed by atoms with van der Waals surface area (Å²) < 4.78 is 0. The number of aliphatic hydroxyl groups excluding tert-OH is 1. The zero-order chi connectivity index (χ0) is 13.1. The molecule has 17 heavy (non-hydrogen) atoms. The van der Waals surface area contributed by atoms with Gasteiger partial charge in [-0.25, -0.2) is 0 Å². The predicted molar refractivity (Wildman–Crippen MR) is 72.0 cm³/mol. The molecule has 0 radical (unpaired) electrons. The second kappa shape index (κ2) is 6.14. The third-order valence-electron chi connectivity index (χ3n) is 3.99. The molecule has 0 bridgehead atoms. The summed E-state index contributed by atoms with van der Waals surface area (Å²) in [4.78, 5) is 4.82. The Hall–Kier alpha value is -0.160. The molecule has 1 aliphatic rings. The highest BCUT2D eigenvalue weighted by Crippen LogP contribution is 2.19. The van der Waals surface area contributed by atoms with Gasteiger partial charge in [-0.2, -0.15) is 0 Å². The molecule has 0 aliphatic carbocycles. The van der Waals surface area contributed by atoms with E-state index in [1.807, 2.05) is 6.92 Å². The Kier molecular flexibility index (Phi) is 5.38. The minimum absolute atomic E-state index is 0.0513. The molecule has 3 N–H and O–H groups in total. The van der Waals surface area contributed by atoms with E-state index in [4.69, 9.17) is 5.73 Å². The van der Waals surface area contributed by atoms with Crippen molar-refractivity contribution in [1.29, 1.82) is 0 Å². The van der Waals surface area contributed by atoms with Crippen molar-refractivity contribution >= 4 is 0 Å². The normalized spacial score (nSPS) is 28.1. The molecule has 0 spiro atoms. The van der Waals surface area contributed by atoms with Crippen LogP contribution in [-0.4, -0.2) is 66.3 Å². The minimum Gasteiger partial charge on any atom is -0.394 e. The van der Waals surface area contributed by atoms with Gasteiger partial charge >= 0.3 is 0 Å². The number of piperidine rings is 1. The number of nitrogens with two attached hydrogens (primary N) is 1. The van der Waals surface area contributed by atoms with Gasteiger partial charge in [0, 0.05) is 24.2 Å². The molecule has 4 heteroatoms. The summed E-state index contributed by atoms with van der Waals surface area (Å²) in [6.45, 7) is 6.53. The van der Waals surface area contributed by atoms with Crippen LogP contribution in [0.1, 0.15) is 33.1 Å². The van der Waals surface area contributed by atoms with Crippen LogP contribution in [0, 0.1) is 0 Å². The molecule has 3 atom stereocenters. The van der Waals surface area contributed by atoms with Crippen LogP contribution in [0.3, 0.4) is 0 Å². The first-order valence-electron chi connectivity index (χ1n) is 6.66.